The highest BCUT2D eigenvalue weighted by molar-refractivity contribution is 7.89. The van der Waals surface area contributed by atoms with Crippen LogP contribution in [0.4, 0.5) is 11.4 Å². The first-order valence-corrected chi connectivity index (χ1v) is 8.20. The molecule has 0 aromatic heterocycles. The van der Waals surface area contributed by atoms with Gasteiger partial charge in [-0.1, -0.05) is 0 Å². The third-order valence-corrected chi connectivity index (χ3v) is 5.34. The molecule has 1 aliphatic rings. The highest BCUT2D eigenvalue weighted by Crippen LogP contribution is 2.27. The summed E-state index contributed by atoms with van der Waals surface area (Å²) in [5, 5.41) is 21.7. The van der Waals surface area contributed by atoms with Gasteiger partial charge in [-0.05, 0) is 20.0 Å². The molecule has 1 aromatic carbocycles. The van der Waals surface area contributed by atoms with Gasteiger partial charge in [0.15, 0.2) is 0 Å². The molecule has 0 aliphatic carbocycles. The zero-order valence-corrected chi connectivity index (χ0v) is 13.2. The zero-order chi connectivity index (χ0) is 17.2. The van der Waals surface area contributed by atoms with Gasteiger partial charge in [0.1, 0.15) is 4.90 Å². The second-order valence-electron chi connectivity index (χ2n) is 5.16. The van der Waals surface area contributed by atoms with Crippen LogP contribution in [0.2, 0.25) is 0 Å². The lowest BCUT2D eigenvalue weighted by Gasteiger charge is -2.19. The van der Waals surface area contributed by atoms with Gasteiger partial charge in [0.25, 0.3) is 11.4 Å². The van der Waals surface area contributed by atoms with Gasteiger partial charge >= 0.3 is 0 Å². The number of likely N-dealkylation sites (N-methyl/N-ethyl adjacent to an activating group) is 1. The lowest BCUT2D eigenvalue weighted by Crippen LogP contribution is -2.34. The number of sulfonamides is 1. The molecule has 0 amide bonds. The van der Waals surface area contributed by atoms with Gasteiger partial charge in [-0.3, -0.25) is 20.2 Å². The second kappa shape index (κ2) is 6.56. The summed E-state index contributed by atoms with van der Waals surface area (Å²) in [6, 6.07) is 3.65. The Balaban J connectivity index is 2.46. The van der Waals surface area contributed by atoms with Gasteiger partial charge in [0, 0.05) is 25.7 Å². The van der Waals surface area contributed by atoms with Crippen molar-refractivity contribution in [2.45, 2.75) is 11.3 Å². The predicted molar refractivity (Wildman–Crippen MR) is 79.5 cm³/mol. The SMILES string of the molecule is CN1CCCN(S(=O)(=O)c2[c]c([N+](=O)[O-])cc([N+](=O)[O-])c2)CC1. The van der Waals surface area contributed by atoms with Crippen molar-refractivity contribution in [3.8, 4) is 0 Å². The maximum absolute atomic E-state index is 12.6. The molecule has 10 nitrogen and oxygen atoms in total. The fourth-order valence-electron chi connectivity index (χ4n) is 2.26. The molecule has 0 spiro atoms. The summed E-state index contributed by atoms with van der Waals surface area (Å²) in [6.07, 6.45) is 0.604. The van der Waals surface area contributed by atoms with Gasteiger partial charge in [-0.2, -0.15) is 4.31 Å². The van der Waals surface area contributed by atoms with Crippen molar-refractivity contribution >= 4 is 21.4 Å². The molecule has 0 unspecified atom stereocenters. The number of hydrogen-bond acceptors (Lipinski definition) is 7. The monoisotopic (exact) mass is 343 g/mol. The van der Waals surface area contributed by atoms with Crippen LogP contribution in [-0.4, -0.2) is 60.7 Å². The van der Waals surface area contributed by atoms with Crippen molar-refractivity contribution in [2.24, 2.45) is 0 Å². The summed E-state index contributed by atoms with van der Waals surface area (Å²) in [5.41, 5.74) is -1.40. The third kappa shape index (κ3) is 3.81. The van der Waals surface area contributed by atoms with Crippen LogP contribution in [0.15, 0.2) is 17.0 Å². The molecule has 0 saturated carbocycles. The van der Waals surface area contributed by atoms with E-state index in [4.69, 9.17) is 0 Å². The van der Waals surface area contributed by atoms with Crippen LogP contribution in [0.3, 0.4) is 0 Å². The van der Waals surface area contributed by atoms with Crippen molar-refractivity contribution < 1.29 is 18.3 Å². The summed E-state index contributed by atoms with van der Waals surface area (Å²) in [6.45, 7) is 1.70. The van der Waals surface area contributed by atoms with E-state index in [0.29, 0.717) is 19.0 Å². The number of benzene rings is 1. The Bertz CT molecular complexity index is 703. The Morgan fingerprint density at radius 3 is 2.39 bits per heavy atom. The number of rotatable bonds is 4. The minimum absolute atomic E-state index is 0.211. The highest BCUT2D eigenvalue weighted by Gasteiger charge is 2.30. The largest absolute Gasteiger partial charge is 0.305 e. The lowest BCUT2D eigenvalue weighted by atomic mass is 10.3. The molecule has 1 saturated heterocycles. The normalized spacial score (nSPS) is 17.6. The van der Waals surface area contributed by atoms with Crippen LogP contribution < -0.4 is 0 Å². The summed E-state index contributed by atoms with van der Waals surface area (Å²) in [5.74, 6) is 0. The van der Waals surface area contributed by atoms with Crippen molar-refractivity contribution in [2.75, 3.05) is 33.2 Å². The van der Waals surface area contributed by atoms with Crippen LogP contribution in [0.5, 0.6) is 0 Å². The van der Waals surface area contributed by atoms with E-state index in [1.807, 2.05) is 11.9 Å². The maximum atomic E-state index is 12.6. The van der Waals surface area contributed by atoms with Gasteiger partial charge in [-0.15, -0.1) is 0 Å². The average Bonchev–Trinajstić information content (AvgIpc) is 2.71. The molecule has 1 aliphatic heterocycles. The van der Waals surface area contributed by atoms with Crippen LogP contribution in [0.1, 0.15) is 6.42 Å². The van der Waals surface area contributed by atoms with Crippen LogP contribution in [-0.2, 0) is 10.0 Å². The van der Waals surface area contributed by atoms with Gasteiger partial charge in [0.2, 0.25) is 10.0 Å². The first-order valence-electron chi connectivity index (χ1n) is 6.76. The summed E-state index contributed by atoms with van der Waals surface area (Å²) < 4.78 is 26.4. The number of non-ortho nitro benzene ring substituents is 2. The Morgan fingerprint density at radius 2 is 1.78 bits per heavy atom. The van der Waals surface area contributed by atoms with E-state index in [9.17, 15) is 28.6 Å². The van der Waals surface area contributed by atoms with Crippen LogP contribution in [0, 0.1) is 26.3 Å². The van der Waals surface area contributed by atoms with E-state index < -0.39 is 36.1 Å². The number of nitrogens with zero attached hydrogens (tertiary/aromatic N) is 4. The van der Waals surface area contributed by atoms with Crippen LogP contribution >= 0.6 is 0 Å². The minimum Gasteiger partial charge on any atom is -0.305 e. The third-order valence-electron chi connectivity index (χ3n) is 3.52. The average molecular weight is 343 g/mol. The minimum atomic E-state index is -4.08. The maximum Gasteiger partial charge on any atom is 0.285 e. The molecule has 0 N–H and O–H groups in total. The summed E-state index contributed by atoms with van der Waals surface area (Å²) in [7, 11) is -2.22. The first kappa shape index (κ1) is 17.2. The molecule has 1 heterocycles. The van der Waals surface area contributed by atoms with Crippen molar-refractivity contribution in [1.29, 1.82) is 0 Å². The fraction of sp³-hybridized carbons (Fsp3) is 0.500. The van der Waals surface area contributed by atoms with E-state index in [-0.39, 0.29) is 13.1 Å². The zero-order valence-electron chi connectivity index (χ0n) is 12.3. The van der Waals surface area contributed by atoms with E-state index in [2.05, 4.69) is 6.07 Å². The van der Waals surface area contributed by atoms with Crippen molar-refractivity contribution in [3.63, 3.8) is 0 Å². The Labute approximate surface area is 132 Å². The van der Waals surface area contributed by atoms with Gasteiger partial charge in [0.05, 0.1) is 22.0 Å². The molecule has 2 rings (SSSR count). The Kier molecular flexibility index (Phi) is 4.92. The second-order valence-corrected chi connectivity index (χ2v) is 7.07. The van der Waals surface area contributed by atoms with Crippen molar-refractivity contribution in [1.82, 2.24) is 9.21 Å². The van der Waals surface area contributed by atoms with Crippen molar-refractivity contribution in [3.05, 3.63) is 38.4 Å². The number of hydrogen-bond donors (Lipinski definition) is 0. The molecule has 23 heavy (non-hydrogen) atoms. The van der Waals surface area contributed by atoms with E-state index in [0.717, 1.165) is 12.6 Å². The molecule has 1 radical (unpaired) electrons. The molecule has 0 atom stereocenters. The smallest absolute Gasteiger partial charge is 0.285 e. The highest BCUT2D eigenvalue weighted by atomic mass is 32.2. The number of nitro benzene ring substituents is 2. The topological polar surface area (TPSA) is 127 Å². The molecule has 1 fully saturated rings. The predicted octanol–water partition coefficient (Wildman–Crippen LogP) is 0.629. The molecular weight excluding hydrogens is 328 g/mol. The standard InChI is InChI=1S/C12H15N4O6S/c1-13-3-2-4-14(6-5-13)23(21,22)12-8-10(15(17)18)7-11(9-12)16(19)20/h7-8H,2-6H2,1H3. The van der Waals surface area contributed by atoms with Gasteiger partial charge in [-0.25, -0.2) is 8.42 Å². The van der Waals surface area contributed by atoms with E-state index in [1.54, 1.807) is 0 Å². The summed E-state index contributed by atoms with van der Waals surface area (Å²) >= 11 is 0. The Hall–Kier alpha value is -2.11. The molecule has 125 valence electrons. The molecule has 1 aromatic rings. The molecular formula is C12H15N4O6S. The Morgan fingerprint density at radius 1 is 1.09 bits per heavy atom. The van der Waals surface area contributed by atoms with E-state index >= 15 is 0 Å². The molecule has 11 heteroatoms. The number of nitro groups is 2. The van der Waals surface area contributed by atoms with Gasteiger partial charge < -0.3 is 4.90 Å². The van der Waals surface area contributed by atoms with Crippen LogP contribution in [0.25, 0.3) is 0 Å². The lowest BCUT2D eigenvalue weighted by molar-refractivity contribution is -0.394. The molecule has 0 bridgehead atoms. The fourth-order valence-corrected chi connectivity index (χ4v) is 3.73. The van der Waals surface area contributed by atoms with E-state index in [1.165, 1.54) is 4.31 Å². The summed E-state index contributed by atoms with van der Waals surface area (Å²) in [4.78, 5) is 21.4. The first-order chi connectivity index (χ1) is 10.7. The quantitative estimate of drug-likeness (QED) is 0.579.